The number of benzene rings is 1. The molecule has 5 heteroatoms. The van der Waals surface area contributed by atoms with Gasteiger partial charge >= 0.3 is 0 Å². The van der Waals surface area contributed by atoms with Crippen LogP contribution in [0.25, 0.3) is 0 Å². The van der Waals surface area contributed by atoms with Gasteiger partial charge in [-0.05, 0) is 67.1 Å². The Kier molecular flexibility index (Phi) is 6.43. The van der Waals surface area contributed by atoms with E-state index < -0.39 is 0 Å². The number of hydrogen-bond acceptors (Lipinski definition) is 4. The van der Waals surface area contributed by atoms with Gasteiger partial charge in [0.2, 0.25) is 0 Å². The monoisotopic (exact) mass is 434 g/mol. The predicted molar refractivity (Wildman–Crippen MR) is 124 cm³/mol. The normalized spacial score (nSPS) is 32.0. The molecule has 0 radical (unpaired) electrons. The Morgan fingerprint density at radius 1 is 1.20 bits per heavy atom. The summed E-state index contributed by atoms with van der Waals surface area (Å²) in [5.41, 5.74) is 3.19. The minimum absolute atomic E-state index is 0.303. The summed E-state index contributed by atoms with van der Waals surface area (Å²) in [4.78, 5) is 4.79. The second-order valence-electron chi connectivity index (χ2n) is 10.6. The first kappa shape index (κ1) is 22.4. The quantitative estimate of drug-likeness (QED) is 0.671. The van der Waals surface area contributed by atoms with Crippen molar-refractivity contribution in [3.63, 3.8) is 0 Å². The van der Waals surface area contributed by atoms with E-state index in [2.05, 4.69) is 49.6 Å². The summed E-state index contributed by atoms with van der Waals surface area (Å²) in [6, 6.07) is 6.11. The molecule has 4 nitrogen and oxygen atoms in total. The molecule has 2 bridgehead atoms. The van der Waals surface area contributed by atoms with Crippen LogP contribution >= 0.6 is 11.6 Å². The maximum atomic E-state index is 10.6. The van der Waals surface area contributed by atoms with Crippen molar-refractivity contribution in [3.05, 3.63) is 28.8 Å². The van der Waals surface area contributed by atoms with Crippen molar-refractivity contribution in [2.24, 2.45) is 16.7 Å². The topological polar surface area (TPSA) is 35.9 Å². The molecule has 0 aromatic heterocycles. The Morgan fingerprint density at radius 3 is 2.57 bits per heavy atom. The van der Waals surface area contributed by atoms with E-state index in [-0.39, 0.29) is 6.10 Å². The van der Waals surface area contributed by atoms with Crippen LogP contribution in [0.5, 0.6) is 0 Å². The van der Waals surface area contributed by atoms with Gasteiger partial charge in [0.05, 0.1) is 12.2 Å². The van der Waals surface area contributed by atoms with Gasteiger partial charge in [0.15, 0.2) is 0 Å². The predicted octanol–water partition coefficient (Wildman–Crippen LogP) is 4.75. The van der Waals surface area contributed by atoms with Crippen molar-refractivity contribution in [2.75, 3.05) is 44.2 Å². The van der Waals surface area contributed by atoms with Crippen molar-refractivity contribution < 1.29 is 9.84 Å². The first-order valence-electron chi connectivity index (χ1n) is 11.7. The number of piperazine rings is 1. The highest BCUT2D eigenvalue weighted by atomic mass is 35.5. The van der Waals surface area contributed by atoms with Crippen LogP contribution in [0.1, 0.15) is 52.0 Å². The van der Waals surface area contributed by atoms with Gasteiger partial charge in [-0.3, -0.25) is 4.90 Å². The van der Waals surface area contributed by atoms with Gasteiger partial charge < -0.3 is 14.7 Å². The SMILES string of the molecule is Cc1ccc(Cl)cc1N1CCN(C[C@H](O)CCO[C@H]2C[C@@H]3CC[C@]2(C)C3(C)C)CC1. The summed E-state index contributed by atoms with van der Waals surface area (Å²) in [7, 11) is 0. The number of rotatable bonds is 7. The van der Waals surface area contributed by atoms with Crippen molar-refractivity contribution in [2.45, 2.75) is 65.6 Å². The Bertz CT molecular complexity index is 747. The average molecular weight is 435 g/mol. The molecule has 3 aliphatic rings. The lowest BCUT2D eigenvalue weighted by Crippen LogP contribution is -2.49. The number of nitrogens with zero attached hydrogens (tertiary/aromatic N) is 2. The zero-order valence-corrected chi connectivity index (χ0v) is 19.9. The molecule has 1 aromatic rings. The highest BCUT2D eigenvalue weighted by Crippen LogP contribution is 2.66. The fourth-order valence-electron chi connectivity index (χ4n) is 6.21. The number of fused-ring (bicyclic) bond motifs is 2. The lowest BCUT2D eigenvalue weighted by Gasteiger charge is -2.39. The van der Waals surface area contributed by atoms with Gasteiger partial charge in [-0.1, -0.05) is 38.4 Å². The molecule has 2 aliphatic carbocycles. The number of hydrogen-bond donors (Lipinski definition) is 1. The molecule has 30 heavy (non-hydrogen) atoms. The van der Waals surface area contributed by atoms with Gasteiger partial charge in [-0.2, -0.15) is 0 Å². The molecule has 2 saturated carbocycles. The molecule has 4 rings (SSSR count). The lowest BCUT2D eigenvalue weighted by molar-refractivity contribution is -0.0564. The van der Waals surface area contributed by atoms with Gasteiger partial charge in [0.25, 0.3) is 0 Å². The fourth-order valence-corrected chi connectivity index (χ4v) is 6.38. The highest BCUT2D eigenvalue weighted by Gasteiger charge is 2.61. The molecular formula is C25H39ClN2O2. The van der Waals surface area contributed by atoms with Crippen molar-refractivity contribution in [1.82, 2.24) is 4.90 Å². The summed E-state index contributed by atoms with van der Waals surface area (Å²) in [6.07, 6.45) is 4.61. The van der Waals surface area contributed by atoms with E-state index >= 15 is 0 Å². The molecule has 1 aromatic carbocycles. The largest absolute Gasteiger partial charge is 0.392 e. The number of anilines is 1. The number of halogens is 1. The molecule has 0 amide bonds. The zero-order chi connectivity index (χ0) is 21.5. The molecule has 0 unspecified atom stereocenters. The van der Waals surface area contributed by atoms with E-state index in [1.54, 1.807) is 0 Å². The Morgan fingerprint density at radius 2 is 1.93 bits per heavy atom. The van der Waals surface area contributed by atoms with E-state index in [1.807, 2.05) is 6.07 Å². The van der Waals surface area contributed by atoms with Crippen LogP contribution in [0, 0.1) is 23.7 Å². The molecular weight excluding hydrogens is 396 g/mol. The second-order valence-corrected chi connectivity index (χ2v) is 11.1. The zero-order valence-electron chi connectivity index (χ0n) is 19.2. The number of aliphatic hydroxyl groups excluding tert-OH is 1. The fraction of sp³-hybridized carbons (Fsp3) is 0.760. The summed E-state index contributed by atoms with van der Waals surface area (Å²) in [5, 5.41) is 11.4. The van der Waals surface area contributed by atoms with Gasteiger partial charge in [0, 0.05) is 50.0 Å². The molecule has 4 atom stereocenters. The van der Waals surface area contributed by atoms with Crippen molar-refractivity contribution in [3.8, 4) is 0 Å². The Balaban J connectivity index is 1.19. The molecule has 1 aliphatic heterocycles. The third-order valence-electron chi connectivity index (χ3n) is 8.84. The van der Waals surface area contributed by atoms with E-state index in [0.29, 0.717) is 23.5 Å². The third kappa shape index (κ3) is 4.13. The van der Waals surface area contributed by atoms with Crippen LogP contribution in [0.3, 0.4) is 0 Å². The highest BCUT2D eigenvalue weighted by molar-refractivity contribution is 6.30. The molecule has 1 heterocycles. The van der Waals surface area contributed by atoms with Gasteiger partial charge in [-0.25, -0.2) is 0 Å². The van der Waals surface area contributed by atoms with Crippen LogP contribution < -0.4 is 4.90 Å². The summed E-state index contributed by atoms with van der Waals surface area (Å²) < 4.78 is 6.34. The van der Waals surface area contributed by atoms with Crippen LogP contribution in [0.15, 0.2) is 18.2 Å². The van der Waals surface area contributed by atoms with E-state index in [9.17, 15) is 5.11 Å². The average Bonchev–Trinajstić information content (AvgIpc) is 3.04. The number of ether oxygens (including phenoxy) is 1. The molecule has 1 saturated heterocycles. The van der Waals surface area contributed by atoms with Crippen LogP contribution in [-0.4, -0.2) is 61.5 Å². The molecule has 1 N–H and O–H groups in total. The van der Waals surface area contributed by atoms with E-state index in [4.69, 9.17) is 16.3 Å². The smallest absolute Gasteiger partial charge is 0.0689 e. The maximum Gasteiger partial charge on any atom is 0.0689 e. The second kappa shape index (κ2) is 8.61. The first-order valence-corrected chi connectivity index (χ1v) is 12.1. The maximum absolute atomic E-state index is 10.6. The van der Waals surface area contributed by atoms with Gasteiger partial charge in [0.1, 0.15) is 0 Å². The first-order chi connectivity index (χ1) is 14.2. The molecule has 3 fully saturated rings. The Labute approximate surface area is 187 Å². The number of aliphatic hydroxyl groups is 1. The minimum Gasteiger partial charge on any atom is -0.392 e. The summed E-state index contributed by atoms with van der Waals surface area (Å²) >= 11 is 6.19. The van der Waals surface area contributed by atoms with Crippen molar-refractivity contribution >= 4 is 17.3 Å². The standard InChI is InChI=1S/C25H39ClN2O2/c1-18-5-6-20(26)16-22(18)28-12-10-27(11-13-28)17-21(29)8-14-30-23-15-19-7-9-25(23,4)24(19,2)3/h5-6,16,19,21,23,29H,7-15,17H2,1-4H3/t19-,21+,23-,25-/m0/s1. The Hall–Kier alpha value is -0.810. The van der Waals surface area contributed by atoms with Gasteiger partial charge in [-0.15, -0.1) is 0 Å². The van der Waals surface area contributed by atoms with Crippen LogP contribution in [0.2, 0.25) is 5.02 Å². The minimum atomic E-state index is -0.316. The molecule has 168 valence electrons. The van der Waals surface area contributed by atoms with Crippen LogP contribution in [0.4, 0.5) is 5.69 Å². The third-order valence-corrected chi connectivity index (χ3v) is 9.07. The number of aryl methyl sites for hydroxylation is 1. The molecule has 0 spiro atoms. The summed E-state index contributed by atoms with van der Waals surface area (Å²) in [5.74, 6) is 0.803. The number of β-amino-alcohol motifs (C(OH)–C–C–N with tert-alkyl or cyclic N) is 1. The van der Waals surface area contributed by atoms with Crippen molar-refractivity contribution in [1.29, 1.82) is 0 Å². The van der Waals surface area contributed by atoms with Crippen LogP contribution in [-0.2, 0) is 4.74 Å². The van der Waals surface area contributed by atoms with E-state index in [1.165, 1.54) is 30.5 Å². The van der Waals surface area contributed by atoms with E-state index in [0.717, 1.165) is 50.1 Å². The lowest BCUT2D eigenvalue weighted by atomic mass is 9.70. The summed E-state index contributed by atoms with van der Waals surface area (Å²) in [6.45, 7) is 14.7.